The van der Waals surface area contributed by atoms with Crippen LogP contribution in [0.25, 0.3) is 0 Å². The topological polar surface area (TPSA) is 116 Å². The number of aliphatic hydroxyl groups is 1. The Balaban J connectivity index is 2.01. The number of carboxylic acid groups (broad SMARTS) is 1. The highest BCUT2D eigenvalue weighted by Crippen LogP contribution is 2.17. The summed E-state index contributed by atoms with van der Waals surface area (Å²) in [6.07, 6.45) is 0.379. The molecule has 0 heterocycles. The molecule has 0 aliphatic heterocycles. The molecule has 136 valence electrons. The molecule has 0 aliphatic rings. The van der Waals surface area contributed by atoms with Crippen LogP contribution in [-0.2, 0) is 16.0 Å². The van der Waals surface area contributed by atoms with Crippen LogP contribution in [0.3, 0.4) is 0 Å². The van der Waals surface area contributed by atoms with Gasteiger partial charge in [-0.3, -0.25) is 9.59 Å². The number of benzene rings is 2. The second kappa shape index (κ2) is 8.77. The number of carbonyl (C=O) groups excluding carboxylic acids is 2. The number of anilines is 1. The molecule has 0 saturated carbocycles. The van der Waals surface area contributed by atoms with Gasteiger partial charge in [-0.25, -0.2) is 4.79 Å². The first-order valence-electron chi connectivity index (χ1n) is 8.01. The summed E-state index contributed by atoms with van der Waals surface area (Å²) < 4.78 is 0. The lowest BCUT2D eigenvalue weighted by atomic mass is 10.1. The van der Waals surface area contributed by atoms with Gasteiger partial charge in [0.15, 0.2) is 0 Å². The Kier molecular flexibility index (Phi) is 6.46. The SMILES string of the molecule is Cc1ccc(C(=O)O)cc1NC(=O)C(=O)N[C@@H](CO)Cc1ccccc1. The predicted octanol–water partition coefficient (Wildman–Crippen LogP) is 1.35. The molecule has 4 N–H and O–H groups in total. The monoisotopic (exact) mass is 356 g/mol. The van der Waals surface area contributed by atoms with Gasteiger partial charge in [-0.2, -0.15) is 0 Å². The van der Waals surface area contributed by atoms with Gasteiger partial charge in [0.2, 0.25) is 0 Å². The van der Waals surface area contributed by atoms with Crippen LogP contribution in [0.4, 0.5) is 5.69 Å². The molecule has 7 nitrogen and oxygen atoms in total. The van der Waals surface area contributed by atoms with Gasteiger partial charge < -0.3 is 20.8 Å². The maximum Gasteiger partial charge on any atom is 0.335 e. The molecule has 0 unspecified atom stereocenters. The van der Waals surface area contributed by atoms with Crippen LogP contribution < -0.4 is 10.6 Å². The number of carbonyl (C=O) groups is 3. The van der Waals surface area contributed by atoms with Crippen molar-refractivity contribution in [3.63, 3.8) is 0 Å². The molecule has 0 aliphatic carbocycles. The lowest BCUT2D eigenvalue weighted by Crippen LogP contribution is -2.44. The third kappa shape index (κ3) is 5.15. The summed E-state index contributed by atoms with van der Waals surface area (Å²) in [6, 6.07) is 12.9. The zero-order valence-corrected chi connectivity index (χ0v) is 14.2. The summed E-state index contributed by atoms with van der Waals surface area (Å²) in [5.74, 6) is -2.96. The molecule has 2 rings (SSSR count). The van der Waals surface area contributed by atoms with Gasteiger partial charge in [0.1, 0.15) is 0 Å². The quantitative estimate of drug-likeness (QED) is 0.583. The van der Waals surface area contributed by atoms with E-state index in [1.807, 2.05) is 30.3 Å². The summed E-state index contributed by atoms with van der Waals surface area (Å²) >= 11 is 0. The molecular weight excluding hydrogens is 336 g/mol. The Labute approximate surface area is 150 Å². The van der Waals surface area contributed by atoms with E-state index in [9.17, 15) is 19.5 Å². The number of rotatable bonds is 6. The van der Waals surface area contributed by atoms with E-state index < -0.39 is 23.8 Å². The van der Waals surface area contributed by atoms with Crippen molar-refractivity contribution in [2.24, 2.45) is 0 Å². The van der Waals surface area contributed by atoms with Crippen LogP contribution in [-0.4, -0.2) is 40.6 Å². The van der Waals surface area contributed by atoms with Crippen molar-refractivity contribution in [3.05, 3.63) is 65.2 Å². The molecule has 2 aromatic carbocycles. The van der Waals surface area contributed by atoms with Gasteiger partial charge in [0.05, 0.1) is 18.2 Å². The fourth-order valence-corrected chi connectivity index (χ4v) is 2.38. The van der Waals surface area contributed by atoms with E-state index in [1.54, 1.807) is 13.0 Å². The van der Waals surface area contributed by atoms with E-state index in [0.717, 1.165) is 5.56 Å². The van der Waals surface area contributed by atoms with Gasteiger partial charge in [-0.1, -0.05) is 36.4 Å². The van der Waals surface area contributed by atoms with Crippen LogP contribution in [0.15, 0.2) is 48.5 Å². The fraction of sp³-hybridized carbons (Fsp3) is 0.211. The second-order valence-electron chi connectivity index (χ2n) is 5.83. The van der Waals surface area contributed by atoms with Gasteiger partial charge in [0, 0.05) is 5.69 Å². The first-order valence-corrected chi connectivity index (χ1v) is 8.01. The normalized spacial score (nSPS) is 11.5. The summed E-state index contributed by atoms with van der Waals surface area (Å²) in [4.78, 5) is 35.2. The number of hydrogen-bond donors (Lipinski definition) is 4. The molecule has 0 radical (unpaired) electrons. The number of aliphatic hydroxyl groups excluding tert-OH is 1. The summed E-state index contributed by atoms with van der Waals surface area (Å²) in [6.45, 7) is 1.37. The number of aryl methyl sites for hydroxylation is 1. The minimum Gasteiger partial charge on any atom is -0.478 e. The molecule has 2 aromatic rings. The van der Waals surface area contributed by atoms with Crippen molar-refractivity contribution in [3.8, 4) is 0 Å². The zero-order valence-electron chi connectivity index (χ0n) is 14.2. The molecule has 1 atom stereocenters. The molecule has 2 amide bonds. The Morgan fingerprint density at radius 1 is 1.04 bits per heavy atom. The third-order valence-electron chi connectivity index (χ3n) is 3.82. The van der Waals surface area contributed by atoms with E-state index >= 15 is 0 Å². The van der Waals surface area contributed by atoms with Gasteiger partial charge in [0.25, 0.3) is 0 Å². The first-order chi connectivity index (χ1) is 12.4. The highest BCUT2D eigenvalue weighted by molar-refractivity contribution is 6.39. The Morgan fingerprint density at radius 2 is 1.73 bits per heavy atom. The van der Waals surface area contributed by atoms with E-state index in [4.69, 9.17) is 5.11 Å². The predicted molar refractivity (Wildman–Crippen MR) is 95.9 cm³/mol. The van der Waals surface area contributed by atoms with Gasteiger partial charge >= 0.3 is 17.8 Å². The van der Waals surface area contributed by atoms with Crippen LogP contribution >= 0.6 is 0 Å². The lowest BCUT2D eigenvalue weighted by molar-refractivity contribution is -0.136. The maximum atomic E-state index is 12.1. The highest BCUT2D eigenvalue weighted by Gasteiger charge is 2.19. The Bertz CT molecular complexity index is 805. The standard InChI is InChI=1S/C19H20N2O5/c1-12-7-8-14(19(25)26)10-16(12)21-18(24)17(23)20-15(11-22)9-13-5-3-2-4-6-13/h2-8,10,15,22H,9,11H2,1H3,(H,20,23)(H,21,24)(H,25,26)/t15-/m1/s1. The average molecular weight is 356 g/mol. The zero-order chi connectivity index (χ0) is 19.1. The van der Waals surface area contributed by atoms with Crippen molar-refractivity contribution in [2.45, 2.75) is 19.4 Å². The molecule has 0 fully saturated rings. The second-order valence-corrected chi connectivity index (χ2v) is 5.83. The van der Waals surface area contributed by atoms with Gasteiger partial charge in [-0.05, 0) is 36.6 Å². The molecule has 7 heteroatoms. The van der Waals surface area contributed by atoms with Gasteiger partial charge in [-0.15, -0.1) is 0 Å². The molecular formula is C19H20N2O5. The number of carboxylic acids is 1. The van der Waals surface area contributed by atoms with E-state index in [-0.39, 0.29) is 17.9 Å². The van der Waals surface area contributed by atoms with Crippen molar-refractivity contribution in [2.75, 3.05) is 11.9 Å². The highest BCUT2D eigenvalue weighted by atomic mass is 16.4. The molecule has 26 heavy (non-hydrogen) atoms. The van der Waals surface area contributed by atoms with Crippen LogP contribution in [0.1, 0.15) is 21.5 Å². The largest absolute Gasteiger partial charge is 0.478 e. The van der Waals surface area contributed by atoms with E-state index in [2.05, 4.69) is 10.6 Å². The minimum atomic E-state index is -1.13. The number of hydrogen-bond acceptors (Lipinski definition) is 4. The maximum absolute atomic E-state index is 12.1. The van der Waals surface area contributed by atoms with Crippen LogP contribution in [0, 0.1) is 6.92 Å². The van der Waals surface area contributed by atoms with E-state index in [1.165, 1.54) is 12.1 Å². The Morgan fingerprint density at radius 3 is 2.35 bits per heavy atom. The summed E-state index contributed by atoms with van der Waals surface area (Å²) in [5, 5.41) is 23.3. The van der Waals surface area contributed by atoms with Crippen molar-refractivity contribution in [1.82, 2.24) is 5.32 Å². The third-order valence-corrected chi connectivity index (χ3v) is 3.82. The fourth-order valence-electron chi connectivity index (χ4n) is 2.38. The molecule has 0 saturated heterocycles. The number of aromatic carboxylic acids is 1. The Hall–Kier alpha value is -3.19. The molecule has 0 spiro atoms. The number of nitrogens with one attached hydrogen (secondary N) is 2. The average Bonchev–Trinajstić information content (AvgIpc) is 2.63. The lowest BCUT2D eigenvalue weighted by Gasteiger charge is -2.16. The van der Waals surface area contributed by atoms with Crippen molar-refractivity contribution in [1.29, 1.82) is 0 Å². The first kappa shape index (κ1) is 19.1. The minimum absolute atomic E-state index is 0.00335. The van der Waals surface area contributed by atoms with Crippen LogP contribution in [0.5, 0.6) is 0 Å². The molecule has 0 bridgehead atoms. The summed E-state index contributed by atoms with van der Waals surface area (Å²) in [7, 11) is 0. The van der Waals surface area contributed by atoms with Crippen LogP contribution in [0.2, 0.25) is 0 Å². The smallest absolute Gasteiger partial charge is 0.335 e. The molecule has 0 aromatic heterocycles. The summed E-state index contributed by atoms with van der Waals surface area (Å²) in [5.41, 5.74) is 1.79. The van der Waals surface area contributed by atoms with Crippen molar-refractivity contribution < 1.29 is 24.6 Å². The van der Waals surface area contributed by atoms with Crippen molar-refractivity contribution >= 4 is 23.5 Å². The number of amides is 2. The van der Waals surface area contributed by atoms with E-state index in [0.29, 0.717) is 12.0 Å².